The number of aryl methyl sites for hydroxylation is 2. The summed E-state index contributed by atoms with van der Waals surface area (Å²) in [6.45, 7) is 4.00. The van der Waals surface area contributed by atoms with Gasteiger partial charge in [-0.3, -0.25) is 9.78 Å². The van der Waals surface area contributed by atoms with Crippen molar-refractivity contribution < 1.29 is 26.9 Å². The van der Waals surface area contributed by atoms with E-state index in [1.165, 1.54) is 0 Å². The largest absolute Gasteiger partial charge is 0.389 e. The molecular weight excluding hydrogens is 474 g/mol. The molecule has 2 aliphatic rings. The summed E-state index contributed by atoms with van der Waals surface area (Å²) in [6, 6.07) is 5.38. The Labute approximate surface area is 209 Å². The molecule has 0 radical (unpaired) electrons. The highest BCUT2D eigenvalue weighted by Gasteiger charge is 2.36. The average Bonchev–Trinajstić information content (AvgIpc) is 3.11. The molecule has 3 heterocycles. The van der Waals surface area contributed by atoms with Gasteiger partial charge in [-0.2, -0.15) is 13.2 Å². The topological polar surface area (TPSA) is 59.2 Å². The highest BCUT2D eigenvalue weighted by Crippen LogP contribution is 2.39. The molecule has 1 saturated carbocycles. The number of fused-ring (bicyclic) bond motifs is 1. The van der Waals surface area contributed by atoms with Crippen molar-refractivity contribution in [2.75, 3.05) is 19.6 Å². The molecule has 0 atom stereocenters. The van der Waals surface area contributed by atoms with Crippen LogP contribution in [0.1, 0.15) is 73.4 Å². The summed E-state index contributed by atoms with van der Waals surface area (Å²) in [5, 5.41) is 3.81. The molecule has 1 aliphatic carbocycles. The minimum absolute atomic E-state index is 0.100. The van der Waals surface area contributed by atoms with E-state index in [0.717, 1.165) is 36.5 Å². The lowest BCUT2D eigenvalue weighted by molar-refractivity contribution is -0.134. The Morgan fingerprint density at radius 1 is 1.19 bits per heavy atom. The van der Waals surface area contributed by atoms with Crippen LogP contribution in [0.5, 0.6) is 0 Å². The first-order valence-corrected chi connectivity index (χ1v) is 13.0. The monoisotopic (exact) mass is 509 g/mol. The fourth-order valence-electron chi connectivity index (χ4n) is 5.40. The third kappa shape index (κ3) is 7.85. The van der Waals surface area contributed by atoms with Crippen LogP contribution in [0.4, 0.5) is 17.6 Å². The standard InChI is InChI=1S/C27H35F4N3O2/c1-19-16-24(36-33-19)18-23(35)17-20-4-9-26(28,10-5-20)12-15-34-13-7-21-2-3-22(6-11-27(29,30)31)32-25(21)8-14-34/h2-3,16,20H,4-15,17-18H2,1H3. The lowest BCUT2D eigenvalue weighted by Gasteiger charge is -2.35. The van der Waals surface area contributed by atoms with E-state index in [0.29, 0.717) is 62.9 Å². The highest BCUT2D eigenvalue weighted by molar-refractivity contribution is 5.80. The third-order valence-corrected chi connectivity index (χ3v) is 7.59. The number of hydrogen-bond acceptors (Lipinski definition) is 5. The number of Topliss-reactive ketones (excluding diaryl/α,β-unsaturated/α-hetero) is 1. The summed E-state index contributed by atoms with van der Waals surface area (Å²) < 4.78 is 58.3. The summed E-state index contributed by atoms with van der Waals surface area (Å²) in [6.07, 6.45) is -0.149. The molecule has 0 N–H and O–H groups in total. The summed E-state index contributed by atoms with van der Waals surface area (Å²) in [5.41, 5.74) is 1.98. The number of ketones is 1. The maximum Gasteiger partial charge on any atom is 0.389 e. The van der Waals surface area contributed by atoms with Gasteiger partial charge in [0.05, 0.1) is 12.1 Å². The van der Waals surface area contributed by atoms with Crippen LogP contribution in [0, 0.1) is 12.8 Å². The van der Waals surface area contributed by atoms with Crippen LogP contribution in [0.15, 0.2) is 22.7 Å². The zero-order valence-electron chi connectivity index (χ0n) is 20.9. The molecule has 36 heavy (non-hydrogen) atoms. The minimum atomic E-state index is -4.18. The maximum atomic E-state index is 15.5. The second-order valence-electron chi connectivity index (χ2n) is 10.6. The molecule has 0 amide bonds. The normalized spacial score (nSPS) is 23.3. The van der Waals surface area contributed by atoms with Crippen molar-refractivity contribution in [2.45, 2.75) is 89.4 Å². The minimum Gasteiger partial charge on any atom is -0.361 e. The van der Waals surface area contributed by atoms with Gasteiger partial charge in [0.2, 0.25) is 0 Å². The van der Waals surface area contributed by atoms with Crippen LogP contribution in [-0.4, -0.2) is 52.3 Å². The first kappa shape index (κ1) is 26.8. The van der Waals surface area contributed by atoms with Crippen molar-refractivity contribution in [1.82, 2.24) is 15.0 Å². The van der Waals surface area contributed by atoms with E-state index in [9.17, 15) is 18.0 Å². The summed E-state index contributed by atoms with van der Waals surface area (Å²) in [4.78, 5) is 19.1. The molecule has 4 rings (SSSR count). The van der Waals surface area contributed by atoms with E-state index < -0.39 is 18.3 Å². The highest BCUT2D eigenvalue weighted by atomic mass is 19.4. The molecule has 1 aliphatic heterocycles. The zero-order chi connectivity index (χ0) is 25.8. The van der Waals surface area contributed by atoms with Crippen molar-refractivity contribution in [3.05, 3.63) is 46.6 Å². The van der Waals surface area contributed by atoms with E-state index in [-0.39, 0.29) is 24.5 Å². The van der Waals surface area contributed by atoms with Crippen molar-refractivity contribution >= 4 is 5.78 Å². The predicted octanol–water partition coefficient (Wildman–Crippen LogP) is 5.76. The number of rotatable bonds is 9. The van der Waals surface area contributed by atoms with E-state index >= 15 is 4.39 Å². The van der Waals surface area contributed by atoms with Gasteiger partial charge in [-0.25, -0.2) is 4.39 Å². The van der Waals surface area contributed by atoms with Crippen LogP contribution in [0.3, 0.4) is 0 Å². The Hall–Kier alpha value is -2.29. The Morgan fingerprint density at radius 2 is 1.94 bits per heavy atom. The number of hydrogen-bond donors (Lipinski definition) is 0. The molecule has 0 saturated heterocycles. The number of carbonyl (C=O) groups is 1. The second-order valence-corrected chi connectivity index (χ2v) is 10.6. The molecule has 198 valence electrons. The Morgan fingerprint density at radius 3 is 2.64 bits per heavy atom. The maximum absolute atomic E-state index is 15.5. The number of halogens is 4. The van der Waals surface area contributed by atoms with Crippen LogP contribution < -0.4 is 0 Å². The van der Waals surface area contributed by atoms with Gasteiger partial charge in [-0.15, -0.1) is 0 Å². The van der Waals surface area contributed by atoms with Gasteiger partial charge in [0.15, 0.2) is 0 Å². The summed E-state index contributed by atoms with van der Waals surface area (Å²) in [5.74, 6) is 0.915. The van der Waals surface area contributed by atoms with Gasteiger partial charge >= 0.3 is 6.18 Å². The van der Waals surface area contributed by atoms with Gasteiger partial charge in [0.1, 0.15) is 17.2 Å². The van der Waals surface area contributed by atoms with E-state index in [1.54, 1.807) is 12.1 Å². The summed E-state index contributed by atoms with van der Waals surface area (Å²) >= 11 is 0. The van der Waals surface area contributed by atoms with E-state index in [4.69, 9.17) is 4.52 Å². The van der Waals surface area contributed by atoms with Crippen LogP contribution in [-0.2, 0) is 30.5 Å². The lowest BCUT2D eigenvalue weighted by atomic mass is 9.76. The number of carbonyl (C=O) groups excluding carboxylic acids is 1. The Bertz CT molecular complexity index is 1030. The molecular formula is C27H35F4N3O2. The van der Waals surface area contributed by atoms with Crippen molar-refractivity contribution in [3.8, 4) is 0 Å². The fourth-order valence-corrected chi connectivity index (χ4v) is 5.40. The van der Waals surface area contributed by atoms with Crippen LogP contribution >= 0.6 is 0 Å². The van der Waals surface area contributed by atoms with Crippen molar-refractivity contribution in [1.29, 1.82) is 0 Å². The van der Waals surface area contributed by atoms with E-state index in [1.807, 2.05) is 13.0 Å². The first-order valence-electron chi connectivity index (χ1n) is 13.0. The first-order chi connectivity index (χ1) is 17.1. The average molecular weight is 510 g/mol. The smallest absolute Gasteiger partial charge is 0.361 e. The molecule has 0 aromatic carbocycles. The second kappa shape index (κ2) is 11.4. The number of alkyl halides is 4. The number of aromatic nitrogens is 2. The summed E-state index contributed by atoms with van der Waals surface area (Å²) in [7, 11) is 0. The third-order valence-electron chi connectivity index (χ3n) is 7.59. The quantitative estimate of drug-likeness (QED) is 0.402. The molecule has 0 bridgehead atoms. The van der Waals surface area contributed by atoms with Gasteiger partial charge in [0, 0.05) is 56.4 Å². The Kier molecular flexibility index (Phi) is 8.48. The fraction of sp³-hybridized carbons (Fsp3) is 0.667. The van der Waals surface area contributed by atoms with Gasteiger partial charge < -0.3 is 9.42 Å². The molecule has 1 fully saturated rings. The SMILES string of the molecule is Cc1cc(CC(=O)CC2CCC(F)(CCN3CCc4ccc(CCC(F)(F)F)nc4CC3)CC2)on1. The molecule has 2 aromatic rings. The van der Waals surface area contributed by atoms with Gasteiger partial charge in [0.25, 0.3) is 0 Å². The van der Waals surface area contributed by atoms with Crippen molar-refractivity contribution in [2.24, 2.45) is 5.92 Å². The lowest BCUT2D eigenvalue weighted by Crippen LogP contribution is -2.36. The molecule has 2 aromatic heterocycles. The number of pyridine rings is 1. The van der Waals surface area contributed by atoms with Gasteiger partial charge in [-0.1, -0.05) is 11.2 Å². The molecule has 0 spiro atoms. The molecule has 9 heteroatoms. The number of nitrogens with zero attached hydrogens (tertiary/aromatic N) is 3. The molecule has 5 nitrogen and oxygen atoms in total. The Balaban J connectivity index is 1.19. The van der Waals surface area contributed by atoms with Gasteiger partial charge in [-0.05, 0) is 69.4 Å². The van der Waals surface area contributed by atoms with Crippen LogP contribution in [0.2, 0.25) is 0 Å². The molecule has 0 unspecified atom stereocenters. The van der Waals surface area contributed by atoms with E-state index in [2.05, 4.69) is 15.0 Å². The van der Waals surface area contributed by atoms with Crippen molar-refractivity contribution in [3.63, 3.8) is 0 Å². The predicted molar refractivity (Wildman–Crippen MR) is 127 cm³/mol. The zero-order valence-corrected chi connectivity index (χ0v) is 20.9. The van der Waals surface area contributed by atoms with Crippen LogP contribution in [0.25, 0.3) is 0 Å².